The molecule has 0 radical (unpaired) electrons. The molecule has 0 unspecified atom stereocenters. The number of anilines is 3. The third-order valence-corrected chi connectivity index (χ3v) is 6.92. The summed E-state index contributed by atoms with van der Waals surface area (Å²) in [6.45, 7) is 4.95. The summed E-state index contributed by atoms with van der Waals surface area (Å²) >= 11 is 0. The minimum Gasteiger partial charge on any atom is -0.489 e. The second-order valence-electron chi connectivity index (χ2n) is 9.64. The molecular formula is C29H31N7O4. The van der Waals surface area contributed by atoms with E-state index in [1.54, 1.807) is 47.2 Å². The number of rotatable bonds is 6. The molecule has 0 bridgehead atoms. The van der Waals surface area contributed by atoms with Crippen LogP contribution in [0.15, 0.2) is 54.7 Å². The Bertz CT molecular complexity index is 1390. The lowest BCUT2D eigenvalue weighted by atomic mass is 10.1. The first-order valence-electron chi connectivity index (χ1n) is 13.3. The number of hydrogen-bond acceptors (Lipinski definition) is 8. The monoisotopic (exact) mass is 541 g/mol. The Hall–Kier alpha value is -4.69. The van der Waals surface area contributed by atoms with Crippen molar-refractivity contribution in [3.05, 3.63) is 60.3 Å². The Morgan fingerprint density at radius 1 is 1.00 bits per heavy atom. The van der Waals surface area contributed by atoms with Gasteiger partial charge in [-0.3, -0.25) is 4.79 Å². The summed E-state index contributed by atoms with van der Waals surface area (Å²) in [5.74, 6) is 0.993. The number of hydrogen-bond donors (Lipinski definition) is 2. The minimum atomic E-state index is -0.194. The van der Waals surface area contributed by atoms with Crippen LogP contribution in [-0.2, 0) is 9.53 Å². The molecule has 11 heteroatoms. The van der Waals surface area contributed by atoms with Crippen LogP contribution >= 0.6 is 0 Å². The molecule has 40 heavy (non-hydrogen) atoms. The van der Waals surface area contributed by atoms with Crippen molar-refractivity contribution in [2.24, 2.45) is 0 Å². The number of carbonyl (C=O) groups is 2. The molecule has 2 saturated heterocycles. The van der Waals surface area contributed by atoms with Crippen LogP contribution < -0.4 is 15.4 Å². The van der Waals surface area contributed by atoms with Crippen molar-refractivity contribution >= 4 is 29.3 Å². The van der Waals surface area contributed by atoms with E-state index in [2.05, 4.69) is 26.7 Å². The van der Waals surface area contributed by atoms with Crippen LogP contribution in [0.1, 0.15) is 25.3 Å². The van der Waals surface area contributed by atoms with Gasteiger partial charge in [-0.15, -0.1) is 0 Å². The average molecular weight is 542 g/mol. The fraction of sp³-hybridized carbons (Fsp3) is 0.345. The van der Waals surface area contributed by atoms with Crippen LogP contribution in [0.5, 0.6) is 5.75 Å². The van der Waals surface area contributed by atoms with Gasteiger partial charge in [0.1, 0.15) is 17.9 Å². The largest absolute Gasteiger partial charge is 0.489 e. The van der Waals surface area contributed by atoms with Gasteiger partial charge in [0.2, 0.25) is 11.9 Å². The Morgan fingerprint density at radius 3 is 2.40 bits per heavy atom. The summed E-state index contributed by atoms with van der Waals surface area (Å²) in [6.07, 6.45) is 3.31. The van der Waals surface area contributed by atoms with Gasteiger partial charge in [0.15, 0.2) is 0 Å². The van der Waals surface area contributed by atoms with Crippen molar-refractivity contribution in [2.75, 3.05) is 50.0 Å². The second kappa shape index (κ2) is 12.4. The number of piperazine rings is 1. The lowest BCUT2D eigenvalue weighted by molar-refractivity contribution is -0.130. The van der Waals surface area contributed by atoms with Gasteiger partial charge >= 0.3 is 6.03 Å². The van der Waals surface area contributed by atoms with Crippen molar-refractivity contribution in [2.45, 2.75) is 25.9 Å². The number of aromatic nitrogens is 2. The molecule has 0 aliphatic carbocycles. The average Bonchev–Trinajstić information content (AvgIpc) is 2.99. The van der Waals surface area contributed by atoms with Crippen molar-refractivity contribution < 1.29 is 19.1 Å². The van der Waals surface area contributed by atoms with Gasteiger partial charge < -0.3 is 29.9 Å². The highest BCUT2D eigenvalue weighted by Gasteiger charge is 2.22. The smallest absolute Gasteiger partial charge is 0.321 e. The zero-order chi connectivity index (χ0) is 27.9. The molecule has 2 aromatic carbocycles. The highest BCUT2D eigenvalue weighted by Crippen LogP contribution is 2.28. The van der Waals surface area contributed by atoms with Crippen LogP contribution in [0.4, 0.5) is 22.1 Å². The number of nitrogens with zero attached hydrogens (tertiary/aromatic N) is 5. The fourth-order valence-corrected chi connectivity index (χ4v) is 4.63. The molecule has 2 aliphatic heterocycles. The maximum absolute atomic E-state index is 12.6. The van der Waals surface area contributed by atoms with E-state index >= 15 is 0 Å². The van der Waals surface area contributed by atoms with E-state index in [0.717, 1.165) is 24.1 Å². The SMILES string of the molecule is CC(=O)N1CCN(C(=O)Nc2ccc(Nc3nccc(-c4ccc(OC5CCOCC5)c(C#N)c4)n3)cc2)CC1. The molecule has 3 amide bonds. The summed E-state index contributed by atoms with van der Waals surface area (Å²) in [4.78, 5) is 36.5. The van der Waals surface area contributed by atoms with Crippen LogP contribution in [0, 0.1) is 11.3 Å². The van der Waals surface area contributed by atoms with Gasteiger partial charge in [0.05, 0.1) is 24.5 Å². The Labute approximate surface area is 232 Å². The molecule has 0 spiro atoms. The zero-order valence-electron chi connectivity index (χ0n) is 22.3. The highest BCUT2D eigenvalue weighted by molar-refractivity contribution is 5.89. The standard InChI is InChI=1S/C29H31N7O4/c1-20(37)35-12-14-36(15-13-35)29(38)33-24-5-3-23(4-6-24)32-28-31-11-8-26(34-28)21-2-7-27(22(18-21)19-30)40-25-9-16-39-17-10-25/h2-8,11,18,25H,9-10,12-17H2,1H3,(H,33,38)(H,31,32,34). The van der Waals surface area contributed by atoms with E-state index < -0.39 is 0 Å². The van der Waals surface area contributed by atoms with Crippen molar-refractivity contribution in [3.8, 4) is 23.1 Å². The molecule has 3 heterocycles. The summed E-state index contributed by atoms with van der Waals surface area (Å²) < 4.78 is 11.4. The first-order chi connectivity index (χ1) is 19.5. The number of carbonyl (C=O) groups excluding carboxylic acids is 2. The molecule has 3 aromatic rings. The molecule has 5 rings (SSSR count). The minimum absolute atomic E-state index is 0.0261. The topological polar surface area (TPSA) is 133 Å². The molecule has 0 atom stereocenters. The first-order valence-corrected chi connectivity index (χ1v) is 13.3. The van der Waals surface area contributed by atoms with Crippen LogP contribution in [0.2, 0.25) is 0 Å². The van der Waals surface area contributed by atoms with Gasteiger partial charge in [-0.2, -0.15) is 5.26 Å². The maximum Gasteiger partial charge on any atom is 0.321 e. The zero-order valence-corrected chi connectivity index (χ0v) is 22.3. The molecule has 2 N–H and O–H groups in total. The maximum atomic E-state index is 12.6. The van der Waals surface area contributed by atoms with E-state index in [-0.39, 0.29) is 18.0 Å². The Morgan fingerprint density at radius 2 is 1.70 bits per heavy atom. The fourth-order valence-electron chi connectivity index (χ4n) is 4.63. The summed E-state index contributed by atoms with van der Waals surface area (Å²) in [6, 6.07) is 16.6. The molecule has 1 aromatic heterocycles. The van der Waals surface area contributed by atoms with E-state index in [1.807, 2.05) is 24.3 Å². The van der Waals surface area contributed by atoms with Gasteiger partial charge in [0.25, 0.3) is 0 Å². The predicted molar refractivity (Wildman–Crippen MR) is 149 cm³/mol. The number of ether oxygens (including phenoxy) is 2. The molecule has 206 valence electrons. The quantitative estimate of drug-likeness (QED) is 0.478. The third kappa shape index (κ3) is 6.65. The van der Waals surface area contributed by atoms with Crippen molar-refractivity contribution in [1.29, 1.82) is 5.26 Å². The summed E-state index contributed by atoms with van der Waals surface area (Å²) in [5, 5.41) is 15.8. The van der Waals surface area contributed by atoms with Crippen molar-refractivity contribution in [1.82, 2.24) is 19.8 Å². The first kappa shape index (κ1) is 26.9. The van der Waals surface area contributed by atoms with Gasteiger partial charge in [0, 0.05) is 69.1 Å². The van der Waals surface area contributed by atoms with E-state index in [4.69, 9.17) is 9.47 Å². The number of nitrogens with one attached hydrogen (secondary N) is 2. The van der Waals surface area contributed by atoms with Crippen LogP contribution in [-0.4, -0.2) is 77.2 Å². The number of benzene rings is 2. The molecular weight excluding hydrogens is 510 g/mol. The lowest BCUT2D eigenvalue weighted by Crippen LogP contribution is -2.51. The number of urea groups is 1. The molecule has 2 fully saturated rings. The summed E-state index contributed by atoms with van der Waals surface area (Å²) in [7, 11) is 0. The van der Waals surface area contributed by atoms with E-state index in [9.17, 15) is 14.9 Å². The van der Waals surface area contributed by atoms with Gasteiger partial charge in [-0.25, -0.2) is 14.8 Å². The number of nitriles is 1. The third-order valence-electron chi connectivity index (χ3n) is 6.92. The number of amides is 3. The van der Waals surface area contributed by atoms with Gasteiger partial charge in [-0.05, 0) is 48.5 Å². The van der Waals surface area contributed by atoms with E-state index in [0.29, 0.717) is 68.0 Å². The summed E-state index contributed by atoms with van der Waals surface area (Å²) in [5.41, 5.74) is 3.31. The molecule has 11 nitrogen and oxygen atoms in total. The van der Waals surface area contributed by atoms with Crippen molar-refractivity contribution in [3.63, 3.8) is 0 Å². The highest BCUT2D eigenvalue weighted by atomic mass is 16.5. The Balaban J connectivity index is 1.20. The predicted octanol–water partition coefficient (Wildman–Crippen LogP) is 4.01. The Kier molecular flexibility index (Phi) is 8.37. The van der Waals surface area contributed by atoms with Crippen LogP contribution in [0.3, 0.4) is 0 Å². The molecule has 2 aliphatic rings. The molecule has 0 saturated carbocycles. The normalized spacial score (nSPS) is 15.7. The van der Waals surface area contributed by atoms with Gasteiger partial charge in [-0.1, -0.05) is 0 Å². The lowest BCUT2D eigenvalue weighted by Gasteiger charge is -2.34. The van der Waals surface area contributed by atoms with E-state index in [1.165, 1.54) is 0 Å². The second-order valence-corrected chi connectivity index (χ2v) is 9.64. The van der Waals surface area contributed by atoms with Crippen LogP contribution in [0.25, 0.3) is 11.3 Å².